The molecule has 1 aliphatic carbocycles. The zero-order valence-electron chi connectivity index (χ0n) is 13.4. The average molecular weight is 298 g/mol. The normalized spacial score (nSPS) is 21.0. The molecule has 0 amide bonds. The second-order valence-electron chi connectivity index (χ2n) is 6.38. The van der Waals surface area contributed by atoms with Crippen molar-refractivity contribution in [3.63, 3.8) is 0 Å². The van der Waals surface area contributed by atoms with E-state index in [1.54, 1.807) is 0 Å². The van der Waals surface area contributed by atoms with Crippen LogP contribution in [0.4, 0.5) is 0 Å². The lowest BCUT2D eigenvalue weighted by atomic mass is 9.88. The Morgan fingerprint density at radius 3 is 2.81 bits per heavy atom. The van der Waals surface area contributed by atoms with Crippen LogP contribution in [0.15, 0.2) is 35.4 Å². The Bertz CT molecular complexity index is 733. The van der Waals surface area contributed by atoms with Crippen molar-refractivity contribution >= 4 is 27.6 Å². The van der Waals surface area contributed by atoms with E-state index in [9.17, 15) is 0 Å². The van der Waals surface area contributed by atoms with Gasteiger partial charge in [-0.25, -0.2) is 0 Å². The molecule has 0 saturated carbocycles. The summed E-state index contributed by atoms with van der Waals surface area (Å²) < 4.78 is 3.83. The lowest BCUT2D eigenvalue weighted by molar-refractivity contribution is -0.665. The number of rotatable bonds is 2. The lowest BCUT2D eigenvalue weighted by Gasteiger charge is -2.18. The van der Waals surface area contributed by atoms with Gasteiger partial charge in [0.05, 0.1) is 0 Å². The minimum Gasteiger partial charge on any atom is -0.182 e. The third-order valence-corrected chi connectivity index (χ3v) is 5.31. The summed E-state index contributed by atoms with van der Waals surface area (Å²) in [6.07, 6.45) is 7.24. The molecule has 2 aromatic rings. The Morgan fingerprint density at radius 1 is 1.29 bits per heavy atom. The van der Waals surface area contributed by atoms with Crippen LogP contribution >= 0.6 is 11.3 Å². The summed E-state index contributed by atoms with van der Waals surface area (Å²) in [5, 5.41) is 1.38. The van der Waals surface area contributed by atoms with E-state index in [4.69, 9.17) is 0 Å². The smallest absolute Gasteiger partial charge is 0.182 e. The maximum absolute atomic E-state index is 2.45. The second-order valence-corrected chi connectivity index (χ2v) is 7.44. The minimum absolute atomic E-state index is 0.771. The molecule has 1 aromatic heterocycles. The fourth-order valence-corrected chi connectivity index (χ4v) is 4.55. The van der Waals surface area contributed by atoms with Gasteiger partial charge in [0.25, 0.3) is 5.01 Å². The summed E-state index contributed by atoms with van der Waals surface area (Å²) in [7, 11) is 0. The van der Waals surface area contributed by atoms with Crippen molar-refractivity contribution in [3.05, 3.63) is 46.0 Å². The van der Waals surface area contributed by atoms with E-state index >= 15 is 0 Å². The van der Waals surface area contributed by atoms with Crippen LogP contribution in [0.25, 0.3) is 16.3 Å². The first-order valence-corrected chi connectivity index (χ1v) is 8.69. The van der Waals surface area contributed by atoms with Crippen molar-refractivity contribution in [2.75, 3.05) is 0 Å². The quantitative estimate of drug-likeness (QED) is 0.664. The molecule has 110 valence electrons. The maximum Gasteiger partial charge on any atom is 0.263 e. The Morgan fingerprint density at radius 2 is 2.10 bits per heavy atom. The van der Waals surface area contributed by atoms with Gasteiger partial charge in [-0.3, -0.25) is 0 Å². The van der Waals surface area contributed by atoms with Crippen LogP contribution in [0.5, 0.6) is 0 Å². The Labute approximate surface area is 131 Å². The average Bonchev–Trinajstić information content (AvgIpc) is 2.73. The van der Waals surface area contributed by atoms with Crippen LogP contribution in [0.2, 0.25) is 0 Å². The molecule has 0 saturated heterocycles. The summed E-state index contributed by atoms with van der Waals surface area (Å²) in [4.78, 5) is 0. The van der Waals surface area contributed by atoms with Gasteiger partial charge in [-0.1, -0.05) is 36.0 Å². The zero-order chi connectivity index (χ0) is 15.0. The monoisotopic (exact) mass is 298 g/mol. The van der Waals surface area contributed by atoms with Gasteiger partial charge in [0.2, 0.25) is 5.52 Å². The Balaban J connectivity index is 2.10. The van der Waals surface area contributed by atoms with Crippen LogP contribution in [0.1, 0.15) is 44.2 Å². The van der Waals surface area contributed by atoms with E-state index in [0.717, 1.165) is 12.5 Å². The van der Waals surface area contributed by atoms with Gasteiger partial charge in [0, 0.05) is 12.1 Å². The number of thiazole rings is 1. The van der Waals surface area contributed by atoms with Gasteiger partial charge < -0.3 is 0 Å². The van der Waals surface area contributed by atoms with Gasteiger partial charge in [-0.05, 0) is 56.7 Å². The number of allylic oxidation sites excluding steroid dienone is 3. The Hall–Kier alpha value is -1.41. The number of benzene rings is 1. The molecule has 0 fully saturated rings. The minimum atomic E-state index is 0.771. The molecule has 0 bridgehead atoms. The number of aryl methyl sites for hydroxylation is 2. The maximum atomic E-state index is 2.45. The first-order chi connectivity index (χ1) is 10.1. The summed E-state index contributed by atoms with van der Waals surface area (Å²) in [5.41, 5.74) is 5.71. The van der Waals surface area contributed by atoms with E-state index in [2.05, 4.69) is 62.6 Å². The lowest BCUT2D eigenvalue weighted by Crippen LogP contribution is -2.33. The van der Waals surface area contributed by atoms with Crippen molar-refractivity contribution in [1.82, 2.24) is 0 Å². The Kier molecular flexibility index (Phi) is 3.99. The van der Waals surface area contributed by atoms with E-state index in [-0.39, 0.29) is 0 Å². The third kappa shape index (κ3) is 2.96. The van der Waals surface area contributed by atoms with Crippen LogP contribution in [0.3, 0.4) is 0 Å². The number of aromatic nitrogens is 1. The SMILES string of the molecule is CC[n+]1c(/C=C2\C=C(C)C[C@@H](C)C2)sc2ccc(C)cc21. The standard InChI is InChI=1S/C19H24NS/c1-5-20-17-11-13(2)6-7-18(17)21-19(20)12-16-9-14(3)8-15(4)10-16/h6-7,9,11-12,15H,5,8,10H2,1-4H3/q+1/b16-12+/t15-/m1/s1. The van der Waals surface area contributed by atoms with Crippen molar-refractivity contribution in [2.45, 2.75) is 47.1 Å². The fourth-order valence-electron chi connectivity index (χ4n) is 3.36. The van der Waals surface area contributed by atoms with E-state index in [1.165, 1.54) is 44.8 Å². The highest BCUT2D eigenvalue weighted by atomic mass is 32.1. The summed E-state index contributed by atoms with van der Waals surface area (Å²) >= 11 is 1.91. The molecule has 1 aliphatic rings. The molecule has 0 radical (unpaired) electrons. The molecule has 0 spiro atoms. The van der Waals surface area contributed by atoms with Crippen LogP contribution in [-0.4, -0.2) is 0 Å². The fraction of sp³-hybridized carbons (Fsp3) is 0.421. The van der Waals surface area contributed by atoms with E-state index in [1.807, 2.05) is 11.3 Å². The molecule has 21 heavy (non-hydrogen) atoms. The van der Waals surface area contributed by atoms with Crippen LogP contribution in [-0.2, 0) is 6.54 Å². The van der Waals surface area contributed by atoms with E-state index < -0.39 is 0 Å². The number of hydrogen-bond donors (Lipinski definition) is 0. The van der Waals surface area contributed by atoms with Crippen LogP contribution < -0.4 is 4.57 Å². The van der Waals surface area contributed by atoms with Crippen LogP contribution in [0, 0.1) is 12.8 Å². The molecule has 2 heteroatoms. The molecular formula is C19H24NS+. The van der Waals surface area contributed by atoms with Gasteiger partial charge >= 0.3 is 0 Å². The largest absolute Gasteiger partial charge is 0.263 e. The van der Waals surface area contributed by atoms with Crippen molar-refractivity contribution in [2.24, 2.45) is 5.92 Å². The number of nitrogens with zero attached hydrogens (tertiary/aromatic N) is 1. The predicted octanol–water partition coefficient (Wildman–Crippen LogP) is 5.28. The van der Waals surface area contributed by atoms with Gasteiger partial charge in [-0.15, -0.1) is 0 Å². The molecule has 1 heterocycles. The van der Waals surface area contributed by atoms with Gasteiger partial charge in [-0.2, -0.15) is 4.57 Å². The highest BCUT2D eigenvalue weighted by Crippen LogP contribution is 2.30. The molecule has 1 nitrogen and oxygen atoms in total. The predicted molar refractivity (Wildman–Crippen MR) is 92.6 cm³/mol. The topological polar surface area (TPSA) is 3.88 Å². The molecule has 0 aliphatic heterocycles. The van der Waals surface area contributed by atoms with Gasteiger partial charge in [0.1, 0.15) is 11.2 Å². The summed E-state index contributed by atoms with van der Waals surface area (Å²) in [6, 6.07) is 6.78. The molecule has 0 unspecified atom stereocenters. The molecule has 0 N–H and O–H groups in total. The first-order valence-electron chi connectivity index (χ1n) is 7.87. The van der Waals surface area contributed by atoms with Crippen molar-refractivity contribution < 1.29 is 4.57 Å². The van der Waals surface area contributed by atoms with Crippen molar-refractivity contribution in [1.29, 1.82) is 0 Å². The zero-order valence-corrected chi connectivity index (χ0v) is 14.3. The summed E-state index contributed by atoms with van der Waals surface area (Å²) in [6.45, 7) is 10.0. The van der Waals surface area contributed by atoms with Gasteiger partial charge in [0.15, 0.2) is 0 Å². The van der Waals surface area contributed by atoms with Crippen molar-refractivity contribution in [3.8, 4) is 0 Å². The second kappa shape index (κ2) is 5.76. The molecule has 1 aromatic carbocycles. The molecule has 1 atom stereocenters. The van der Waals surface area contributed by atoms with E-state index in [0.29, 0.717) is 0 Å². The number of fused-ring (bicyclic) bond motifs is 1. The third-order valence-electron chi connectivity index (χ3n) is 4.20. The molecule has 3 rings (SSSR count). The first kappa shape index (κ1) is 14.5. The number of hydrogen-bond acceptors (Lipinski definition) is 1. The summed E-state index contributed by atoms with van der Waals surface area (Å²) in [5.74, 6) is 0.771. The molecular weight excluding hydrogens is 274 g/mol. The highest BCUT2D eigenvalue weighted by molar-refractivity contribution is 7.18. The highest BCUT2D eigenvalue weighted by Gasteiger charge is 2.19.